The fraction of sp³-hybridized carbons (Fsp3) is 0.500. The molecule has 1 heterocycles. The number of hydrogen-bond acceptors (Lipinski definition) is 4. The van der Waals surface area contributed by atoms with Crippen molar-refractivity contribution in [3.63, 3.8) is 0 Å². The second kappa shape index (κ2) is 5.48. The van der Waals surface area contributed by atoms with Gasteiger partial charge in [0.1, 0.15) is 5.75 Å². The first-order valence-electron chi connectivity index (χ1n) is 6.35. The number of cyclic esters (lactones) is 1. The first-order chi connectivity index (χ1) is 9.06. The summed E-state index contributed by atoms with van der Waals surface area (Å²) in [7, 11) is 1.63. The van der Waals surface area contributed by atoms with Gasteiger partial charge >= 0.3 is 6.09 Å². The summed E-state index contributed by atoms with van der Waals surface area (Å²) in [6.45, 7) is 4.15. The highest BCUT2D eigenvalue weighted by atomic mass is 16.7. The van der Waals surface area contributed by atoms with Crippen LogP contribution in [0.15, 0.2) is 24.3 Å². The highest BCUT2D eigenvalue weighted by Crippen LogP contribution is 2.30. The Morgan fingerprint density at radius 2 is 2.11 bits per heavy atom. The summed E-state index contributed by atoms with van der Waals surface area (Å²) in [6.07, 6.45) is 0.232. The summed E-state index contributed by atoms with van der Waals surface area (Å²) in [6, 6.07) is 7.70. The van der Waals surface area contributed by atoms with Gasteiger partial charge in [0.25, 0.3) is 0 Å². The number of benzene rings is 1. The van der Waals surface area contributed by atoms with Crippen molar-refractivity contribution < 1.29 is 19.0 Å². The number of methoxy groups -OCH3 is 1. The van der Waals surface area contributed by atoms with Crippen LogP contribution in [0, 0.1) is 0 Å². The molecule has 1 fully saturated rings. The van der Waals surface area contributed by atoms with Crippen molar-refractivity contribution in [2.24, 2.45) is 0 Å². The molecule has 0 aliphatic carbocycles. The molecule has 1 N–H and O–H groups in total. The van der Waals surface area contributed by atoms with Crippen molar-refractivity contribution in [1.29, 1.82) is 0 Å². The average Bonchev–Trinajstić information content (AvgIpc) is 2.76. The molecule has 19 heavy (non-hydrogen) atoms. The lowest BCUT2D eigenvalue weighted by Crippen LogP contribution is -2.34. The van der Waals surface area contributed by atoms with Gasteiger partial charge in [0, 0.05) is 6.92 Å². The van der Waals surface area contributed by atoms with Gasteiger partial charge in [-0.3, -0.25) is 0 Å². The SMILES string of the molecule is CCC(O[C@@]1(C)CNC(=O)O1)c1ccc(OC)cc1. The highest BCUT2D eigenvalue weighted by Gasteiger charge is 2.38. The molecule has 1 aliphatic rings. The number of nitrogens with one attached hydrogen (secondary N) is 1. The van der Waals surface area contributed by atoms with Gasteiger partial charge in [-0.25, -0.2) is 4.79 Å². The second-order valence-corrected chi connectivity index (χ2v) is 4.66. The van der Waals surface area contributed by atoms with E-state index in [-0.39, 0.29) is 6.10 Å². The van der Waals surface area contributed by atoms with Gasteiger partial charge in [-0.05, 0) is 24.1 Å². The number of alkyl carbamates (subject to hydrolysis) is 1. The third-order valence-electron chi connectivity index (χ3n) is 3.11. The van der Waals surface area contributed by atoms with Crippen molar-refractivity contribution >= 4 is 6.09 Å². The normalized spacial score (nSPS) is 23.6. The fourth-order valence-corrected chi connectivity index (χ4v) is 2.07. The van der Waals surface area contributed by atoms with E-state index in [9.17, 15) is 4.79 Å². The van der Waals surface area contributed by atoms with E-state index in [4.69, 9.17) is 14.2 Å². The van der Waals surface area contributed by atoms with Crippen LogP contribution in [0.4, 0.5) is 4.79 Å². The maximum absolute atomic E-state index is 11.1. The molecule has 1 unspecified atom stereocenters. The number of amides is 1. The lowest BCUT2D eigenvalue weighted by molar-refractivity contribution is -0.196. The van der Waals surface area contributed by atoms with Crippen molar-refractivity contribution in [3.8, 4) is 5.75 Å². The van der Waals surface area contributed by atoms with E-state index in [0.717, 1.165) is 17.7 Å². The highest BCUT2D eigenvalue weighted by molar-refractivity contribution is 5.69. The molecule has 1 aromatic rings. The van der Waals surface area contributed by atoms with Crippen LogP contribution in [0.2, 0.25) is 0 Å². The molecule has 0 radical (unpaired) electrons. The quantitative estimate of drug-likeness (QED) is 0.889. The van der Waals surface area contributed by atoms with E-state index in [2.05, 4.69) is 5.32 Å². The monoisotopic (exact) mass is 265 g/mol. The van der Waals surface area contributed by atoms with Crippen LogP contribution in [-0.2, 0) is 9.47 Å². The average molecular weight is 265 g/mol. The summed E-state index contributed by atoms with van der Waals surface area (Å²) >= 11 is 0. The molecule has 1 amide bonds. The minimum Gasteiger partial charge on any atom is -0.497 e. The molecule has 2 atom stereocenters. The maximum Gasteiger partial charge on any atom is 0.409 e. The first kappa shape index (κ1) is 13.7. The lowest BCUT2D eigenvalue weighted by atomic mass is 10.1. The first-order valence-corrected chi connectivity index (χ1v) is 6.35. The zero-order valence-corrected chi connectivity index (χ0v) is 11.4. The molecule has 1 saturated heterocycles. The Bertz CT molecular complexity index is 445. The van der Waals surface area contributed by atoms with Gasteiger partial charge in [-0.15, -0.1) is 0 Å². The van der Waals surface area contributed by atoms with Crippen LogP contribution in [-0.4, -0.2) is 25.5 Å². The molecule has 1 aromatic carbocycles. The van der Waals surface area contributed by atoms with Crippen LogP contribution in [0.3, 0.4) is 0 Å². The third kappa shape index (κ3) is 3.17. The predicted molar refractivity (Wildman–Crippen MR) is 70.0 cm³/mol. The molecule has 5 heteroatoms. The summed E-state index contributed by atoms with van der Waals surface area (Å²) in [5, 5.41) is 2.60. The fourth-order valence-electron chi connectivity index (χ4n) is 2.07. The maximum atomic E-state index is 11.1. The largest absolute Gasteiger partial charge is 0.497 e. The van der Waals surface area contributed by atoms with E-state index < -0.39 is 11.9 Å². The number of carbonyl (C=O) groups is 1. The summed E-state index contributed by atoms with van der Waals surface area (Å²) in [5.41, 5.74) is 1.03. The number of rotatable bonds is 5. The minimum absolute atomic E-state index is 0.122. The zero-order chi connectivity index (χ0) is 13.9. The van der Waals surface area contributed by atoms with Gasteiger partial charge in [0.2, 0.25) is 5.79 Å². The molecular weight excluding hydrogens is 246 g/mol. The Hall–Kier alpha value is -1.75. The van der Waals surface area contributed by atoms with Crippen LogP contribution < -0.4 is 10.1 Å². The Balaban J connectivity index is 2.09. The second-order valence-electron chi connectivity index (χ2n) is 4.66. The van der Waals surface area contributed by atoms with Gasteiger partial charge in [-0.1, -0.05) is 19.1 Å². The van der Waals surface area contributed by atoms with E-state index in [1.54, 1.807) is 14.0 Å². The Labute approximate surface area is 112 Å². The number of hydrogen-bond donors (Lipinski definition) is 1. The third-order valence-corrected chi connectivity index (χ3v) is 3.11. The molecule has 2 rings (SSSR count). The Morgan fingerprint density at radius 1 is 1.42 bits per heavy atom. The van der Waals surface area contributed by atoms with Gasteiger partial charge in [0.05, 0.1) is 19.8 Å². The molecule has 0 bridgehead atoms. The zero-order valence-electron chi connectivity index (χ0n) is 11.4. The number of ether oxygens (including phenoxy) is 3. The van der Waals surface area contributed by atoms with Crippen LogP contribution >= 0.6 is 0 Å². The van der Waals surface area contributed by atoms with Crippen LogP contribution in [0.25, 0.3) is 0 Å². The molecule has 0 saturated carbocycles. The van der Waals surface area contributed by atoms with E-state index >= 15 is 0 Å². The van der Waals surface area contributed by atoms with E-state index in [1.807, 2.05) is 31.2 Å². The Kier molecular flexibility index (Phi) is 3.95. The molecule has 5 nitrogen and oxygen atoms in total. The van der Waals surface area contributed by atoms with Gasteiger partial charge in [-0.2, -0.15) is 0 Å². The summed E-state index contributed by atoms with van der Waals surface area (Å²) in [5.74, 6) is -0.101. The summed E-state index contributed by atoms with van der Waals surface area (Å²) in [4.78, 5) is 11.1. The van der Waals surface area contributed by atoms with Crippen LogP contribution in [0.1, 0.15) is 31.9 Å². The van der Waals surface area contributed by atoms with Gasteiger partial charge < -0.3 is 19.5 Å². The van der Waals surface area contributed by atoms with Crippen molar-refractivity contribution in [2.45, 2.75) is 32.2 Å². The topological polar surface area (TPSA) is 56.8 Å². The molecule has 104 valence electrons. The standard InChI is InChI=1S/C14H19NO4/c1-4-12(10-5-7-11(17-3)8-6-10)18-14(2)9-15-13(16)19-14/h5-8,12H,4,9H2,1-3H3,(H,15,16)/t12?,14-/m1/s1. The molecule has 0 aromatic heterocycles. The smallest absolute Gasteiger partial charge is 0.409 e. The molecule has 0 spiro atoms. The molecule has 1 aliphatic heterocycles. The van der Waals surface area contributed by atoms with Gasteiger partial charge in [0.15, 0.2) is 0 Å². The number of carbonyl (C=O) groups excluding carboxylic acids is 1. The van der Waals surface area contributed by atoms with Crippen molar-refractivity contribution in [1.82, 2.24) is 5.32 Å². The van der Waals surface area contributed by atoms with E-state index in [0.29, 0.717) is 6.54 Å². The minimum atomic E-state index is -0.905. The van der Waals surface area contributed by atoms with Crippen LogP contribution in [0.5, 0.6) is 5.75 Å². The molecular formula is C14H19NO4. The van der Waals surface area contributed by atoms with Crippen molar-refractivity contribution in [2.75, 3.05) is 13.7 Å². The van der Waals surface area contributed by atoms with E-state index in [1.165, 1.54) is 0 Å². The Morgan fingerprint density at radius 3 is 2.58 bits per heavy atom. The summed E-state index contributed by atoms with van der Waals surface area (Å²) < 4.78 is 16.2. The lowest BCUT2D eigenvalue weighted by Gasteiger charge is -2.27. The van der Waals surface area contributed by atoms with Crippen molar-refractivity contribution in [3.05, 3.63) is 29.8 Å². The predicted octanol–water partition coefficient (Wildman–Crippen LogP) is 2.62.